The average Bonchev–Trinajstić information content (AvgIpc) is 3.00. The number of Topliss-reactive ketones (excluding diaryl/α,β-unsaturated/α-hetero) is 1. The number of halogens is 3. The summed E-state index contributed by atoms with van der Waals surface area (Å²) >= 11 is 0. The summed E-state index contributed by atoms with van der Waals surface area (Å²) in [6, 6.07) is 9.05. The number of carbonyl (C=O) groups excluding carboxylic acids is 2. The first kappa shape index (κ1) is 23.8. The van der Waals surface area contributed by atoms with Crippen LogP contribution in [0.25, 0.3) is 0 Å². The Bertz CT molecular complexity index is 1180. The van der Waals surface area contributed by atoms with Gasteiger partial charge < -0.3 is 14.8 Å². The Morgan fingerprint density at radius 1 is 1.06 bits per heavy atom. The Kier molecular flexibility index (Phi) is 6.75. The molecule has 0 unspecified atom stereocenters. The Morgan fingerprint density at radius 2 is 1.70 bits per heavy atom. The summed E-state index contributed by atoms with van der Waals surface area (Å²) in [6.45, 7) is 5.49. The van der Waals surface area contributed by atoms with Gasteiger partial charge in [0.05, 0.1) is 29.1 Å². The highest BCUT2D eigenvalue weighted by molar-refractivity contribution is 6.47. The van der Waals surface area contributed by atoms with Crippen LogP contribution in [0.3, 0.4) is 0 Å². The first-order valence-corrected chi connectivity index (χ1v) is 9.99. The fourth-order valence-corrected chi connectivity index (χ4v) is 3.19. The van der Waals surface area contributed by atoms with Crippen LogP contribution in [0.1, 0.15) is 34.2 Å². The smallest absolute Gasteiger partial charge is 0.416 e. The molecular weight excluding hydrogens is 439 g/mol. The lowest BCUT2D eigenvalue weighted by molar-refractivity contribution is -0.137. The predicted octanol–water partition coefficient (Wildman–Crippen LogP) is 5.07. The van der Waals surface area contributed by atoms with E-state index in [2.05, 4.69) is 10.4 Å². The summed E-state index contributed by atoms with van der Waals surface area (Å²) in [5.74, 6) is -1.18. The zero-order valence-corrected chi connectivity index (χ0v) is 18.4. The minimum absolute atomic E-state index is 0.0621. The van der Waals surface area contributed by atoms with Crippen molar-refractivity contribution in [2.75, 3.05) is 11.9 Å². The van der Waals surface area contributed by atoms with Gasteiger partial charge in [-0.05, 0) is 63.2 Å². The fourth-order valence-electron chi connectivity index (χ4n) is 3.19. The summed E-state index contributed by atoms with van der Waals surface area (Å²) in [6.07, 6.45) is -4.66. The molecule has 1 aromatic heterocycles. The molecule has 2 aromatic carbocycles. The number of aryl methyl sites for hydroxylation is 2. The number of benzene rings is 2. The zero-order valence-electron chi connectivity index (χ0n) is 18.4. The first-order chi connectivity index (χ1) is 15.5. The number of nitrogens with one attached hydrogen (secondary N) is 1. The quantitative estimate of drug-likeness (QED) is 0.393. The lowest BCUT2D eigenvalue weighted by Crippen LogP contribution is -2.24. The van der Waals surface area contributed by atoms with E-state index in [0.717, 1.165) is 18.2 Å². The number of amides is 1. The van der Waals surface area contributed by atoms with Crippen LogP contribution < -0.4 is 14.8 Å². The highest BCUT2D eigenvalue weighted by Gasteiger charge is 2.32. The van der Waals surface area contributed by atoms with Crippen molar-refractivity contribution in [2.24, 2.45) is 7.05 Å². The Balaban J connectivity index is 1.92. The molecule has 0 spiro atoms. The van der Waals surface area contributed by atoms with Gasteiger partial charge in [0.2, 0.25) is 0 Å². The zero-order chi connectivity index (χ0) is 24.3. The summed E-state index contributed by atoms with van der Waals surface area (Å²) in [5.41, 5.74) is -0.405. The van der Waals surface area contributed by atoms with Crippen molar-refractivity contribution in [3.8, 4) is 17.2 Å². The van der Waals surface area contributed by atoms with Crippen LogP contribution in [0.5, 0.6) is 17.2 Å². The maximum absolute atomic E-state index is 13.3. The number of hydrogen-bond acceptors (Lipinski definition) is 5. The highest BCUT2D eigenvalue weighted by atomic mass is 19.4. The van der Waals surface area contributed by atoms with Crippen molar-refractivity contribution in [1.29, 1.82) is 0 Å². The SMILES string of the molecule is CCOc1ccc(Oc2ccc(C(F)(F)F)cc2NC(=O)C(=O)c2c(C)nn(C)c2C)cc1. The van der Waals surface area contributed by atoms with Crippen molar-refractivity contribution < 1.29 is 32.2 Å². The van der Waals surface area contributed by atoms with E-state index in [9.17, 15) is 22.8 Å². The molecule has 1 amide bonds. The number of carbonyl (C=O) groups is 2. The van der Waals surface area contributed by atoms with E-state index in [1.807, 2.05) is 6.92 Å². The number of aromatic nitrogens is 2. The molecule has 0 bridgehead atoms. The second-order valence-electron chi connectivity index (χ2n) is 7.17. The third-order valence-corrected chi connectivity index (χ3v) is 4.86. The fraction of sp³-hybridized carbons (Fsp3) is 0.261. The van der Waals surface area contributed by atoms with Gasteiger partial charge >= 0.3 is 6.18 Å². The number of alkyl halides is 3. The lowest BCUT2D eigenvalue weighted by atomic mass is 10.1. The lowest BCUT2D eigenvalue weighted by Gasteiger charge is -2.15. The number of anilines is 1. The monoisotopic (exact) mass is 461 g/mol. The van der Waals surface area contributed by atoms with Crippen molar-refractivity contribution in [1.82, 2.24) is 9.78 Å². The van der Waals surface area contributed by atoms with Crippen LogP contribution in [0.15, 0.2) is 42.5 Å². The van der Waals surface area contributed by atoms with Crippen molar-refractivity contribution in [3.63, 3.8) is 0 Å². The van der Waals surface area contributed by atoms with E-state index in [0.29, 0.717) is 29.5 Å². The molecule has 1 heterocycles. The molecule has 7 nitrogen and oxygen atoms in total. The van der Waals surface area contributed by atoms with Gasteiger partial charge in [-0.1, -0.05) is 0 Å². The number of nitrogens with zero attached hydrogens (tertiary/aromatic N) is 2. The maximum atomic E-state index is 13.3. The van der Waals surface area contributed by atoms with Gasteiger partial charge in [-0.3, -0.25) is 14.3 Å². The molecule has 0 aliphatic carbocycles. The second-order valence-corrected chi connectivity index (χ2v) is 7.17. The van der Waals surface area contributed by atoms with E-state index in [-0.39, 0.29) is 17.0 Å². The number of ketones is 1. The maximum Gasteiger partial charge on any atom is 0.416 e. The molecule has 0 saturated heterocycles. The molecule has 0 aliphatic heterocycles. The van der Waals surface area contributed by atoms with Gasteiger partial charge in [-0.15, -0.1) is 0 Å². The van der Waals surface area contributed by atoms with E-state index < -0.39 is 23.4 Å². The topological polar surface area (TPSA) is 82.4 Å². The van der Waals surface area contributed by atoms with Gasteiger partial charge in [-0.2, -0.15) is 18.3 Å². The minimum Gasteiger partial charge on any atom is -0.494 e. The third kappa shape index (κ3) is 5.33. The van der Waals surface area contributed by atoms with Crippen LogP contribution in [-0.2, 0) is 18.0 Å². The number of rotatable bonds is 7. The number of ether oxygens (including phenoxy) is 2. The highest BCUT2D eigenvalue weighted by Crippen LogP contribution is 2.37. The normalized spacial score (nSPS) is 11.2. The predicted molar refractivity (Wildman–Crippen MR) is 115 cm³/mol. The van der Waals surface area contributed by atoms with E-state index in [1.54, 1.807) is 45.2 Å². The van der Waals surface area contributed by atoms with Crippen molar-refractivity contribution in [3.05, 3.63) is 65.0 Å². The van der Waals surface area contributed by atoms with Crippen LogP contribution in [0.4, 0.5) is 18.9 Å². The Morgan fingerprint density at radius 3 is 2.24 bits per heavy atom. The third-order valence-electron chi connectivity index (χ3n) is 4.86. The van der Waals surface area contributed by atoms with Gasteiger partial charge in [0.25, 0.3) is 11.7 Å². The Labute approximate surface area is 188 Å². The van der Waals surface area contributed by atoms with Gasteiger partial charge in [0.15, 0.2) is 5.75 Å². The average molecular weight is 461 g/mol. The molecule has 0 fully saturated rings. The van der Waals surface area contributed by atoms with Gasteiger partial charge in [0, 0.05) is 12.7 Å². The second kappa shape index (κ2) is 9.35. The molecular formula is C23H22F3N3O4. The molecule has 0 radical (unpaired) electrons. The van der Waals surface area contributed by atoms with Crippen molar-refractivity contribution in [2.45, 2.75) is 26.9 Å². The minimum atomic E-state index is -4.66. The number of hydrogen-bond donors (Lipinski definition) is 1. The molecule has 10 heteroatoms. The van der Waals surface area contributed by atoms with Gasteiger partial charge in [0.1, 0.15) is 11.5 Å². The first-order valence-electron chi connectivity index (χ1n) is 9.99. The molecule has 3 aromatic rings. The molecule has 0 aliphatic rings. The molecule has 3 rings (SSSR count). The largest absolute Gasteiger partial charge is 0.494 e. The van der Waals surface area contributed by atoms with Crippen LogP contribution >= 0.6 is 0 Å². The van der Waals surface area contributed by atoms with Crippen LogP contribution in [0.2, 0.25) is 0 Å². The molecule has 0 saturated carbocycles. The molecule has 174 valence electrons. The Hall–Kier alpha value is -3.82. The molecule has 1 N–H and O–H groups in total. The van der Waals surface area contributed by atoms with Crippen LogP contribution in [0, 0.1) is 13.8 Å². The van der Waals surface area contributed by atoms with E-state index in [4.69, 9.17) is 9.47 Å². The van der Waals surface area contributed by atoms with Crippen molar-refractivity contribution >= 4 is 17.4 Å². The summed E-state index contributed by atoms with van der Waals surface area (Å²) in [4.78, 5) is 25.4. The standard InChI is InChI=1S/C23H22F3N3O4/c1-5-32-16-7-9-17(10-8-16)33-19-11-6-15(23(24,25)26)12-18(19)27-22(31)21(30)20-13(2)28-29(4)14(20)3/h6-12H,5H2,1-4H3,(H,27,31). The summed E-state index contributed by atoms with van der Waals surface area (Å²) in [5, 5.41) is 6.36. The van der Waals surface area contributed by atoms with Gasteiger partial charge in [-0.25, -0.2) is 0 Å². The molecule has 0 atom stereocenters. The summed E-state index contributed by atoms with van der Waals surface area (Å²) in [7, 11) is 1.62. The summed E-state index contributed by atoms with van der Waals surface area (Å²) < 4.78 is 52.3. The molecule has 33 heavy (non-hydrogen) atoms. The van der Waals surface area contributed by atoms with E-state index in [1.165, 1.54) is 4.68 Å². The van der Waals surface area contributed by atoms with E-state index >= 15 is 0 Å². The van der Waals surface area contributed by atoms with Crippen LogP contribution in [-0.4, -0.2) is 28.1 Å².